The maximum absolute atomic E-state index is 14.4. The van der Waals surface area contributed by atoms with Gasteiger partial charge in [-0.1, -0.05) is 72.8 Å². The van der Waals surface area contributed by atoms with Gasteiger partial charge < -0.3 is 24.1 Å². The van der Waals surface area contributed by atoms with Gasteiger partial charge in [-0.3, -0.25) is 9.59 Å². The molecule has 0 aliphatic heterocycles. The summed E-state index contributed by atoms with van der Waals surface area (Å²) in [5.74, 6) is -0.729. The van der Waals surface area contributed by atoms with Crippen molar-refractivity contribution < 1.29 is 33.7 Å². The number of hydrogen-bond acceptors (Lipinski definition) is 8. The number of nitrogens with zero attached hydrogens (tertiary/aromatic N) is 1. The van der Waals surface area contributed by atoms with E-state index in [0.717, 1.165) is 46.9 Å². The predicted octanol–water partition coefficient (Wildman–Crippen LogP) is 9.66. The molecule has 280 valence electrons. The Bertz CT molecular complexity index is 1420. The lowest BCUT2D eigenvalue weighted by atomic mass is 9.73. The number of methoxy groups -OCH3 is 1. The largest absolute Gasteiger partial charge is 0.497 e. The highest BCUT2D eigenvalue weighted by molar-refractivity contribution is 7.09. The van der Waals surface area contributed by atoms with Crippen LogP contribution in [0.25, 0.3) is 6.08 Å². The smallest absolute Gasteiger partial charge is 0.305 e. The molecule has 5 atom stereocenters. The molecule has 0 radical (unpaired) electrons. The number of carbonyl (C=O) groups is 2. The van der Waals surface area contributed by atoms with Crippen LogP contribution in [0.15, 0.2) is 47.4 Å². The number of benzene rings is 1. The molecule has 0 bridgehead atoms. The number of carbonyl (C=O) groups excluding carboxylic acids is 1. The van der Waals surface area contributed by atoms with Gasteiger partial charge >= 0.3 is 5.97 Å². The Morgan fingerprint density at radius 2 is 1.70 bits per heavy atom. The summed E-state index contributed by atoms with van der Waals surface area (Å²) in [7, 11) is -0.756. The summed E-state index contributed by atoms with van der Waals surface area (Å²) in [4.78, 5) is 30.9. The van der Waals surface area contributed by atoms with Gasteiger partial charge in [0.1, 0.15) is 11.5 Å². The van der Waals surface area contributed by atoms with E-state index in [1.807, 2.05) is 76.4 Å². The Morgan fingerprint density at radius 1 is 1.06 bits per heavy atom. The summed E-state index contributed by atoms with van der Waals surface area (Å²) < 4.78 is 18.5. The Hall–Kier alpha value is -2.63. The molecule has 1 aromatic heterocycles. The number of Topliss-reactive ketones (excluding diaryl/α,β-unsaturated/α-hetero) is 1. The van der Waals surface area contributed by atoms with Crippen LogP contribution in [0.1, 0.15) is 104 Å². The van der Waals surface area contributed by atoms with E-state index in [-0.39, 0.29) is 23.2 Å². The van der Waals surface area contributed by atoms with Gasteiger partial charge in [-0.05, 0) is 92.9 Å². The van der Waals surface area contributed by atoms with E-state index in [4.69, 9.17) is 13.9 Å². The van der Waals surface area contributed by atoms with Gasteiger partial charge in [0, 0.05) is 16.7 Å². The molecule has 0 fully saturated rings. The first-order valence-electron chi connectivity index (χ1n) is 17.8. The Morgan fingerprint density at radius 3 is 2.24 bits per heavy atom. The number of thiazole rings is 1. The van der Waals surface area contributed by atoms with E-state index in [1.165, 1.54) is 0 Å². The molecule has 0 saturated carbocycles. The van der Waals surface area contributed by atoms with Crippen LogP contribution in [0.2, 0.25) is 18.1 Å². The van der Waals surface area contributed by atoms with E-state index in [9.17, 15) is 19.8 Å². The number of aromatic nitrogens is 1. The molecule has 0 aliphatic carbocycles. The minimum absolute atomic E-state index is 0.0490. The van der Waals surface area contributed by atoms with Crippen LogP contribution in [0, 0.1) is 24.2 Å². The number of rotatable bonds is 21. The van der Waals surface area contributed by atoms with Crippen LogP contribution < -0.4 is 4.74 Å². The first-order valence-corrected chi connectivity index (χ1v) is 21.6. The molecule has 0 unspecified atom stereocenters. The van der Waals surface area contributed by atoms with Crippen molar-refractivity contribution in [2.75, 3.05) is 7.11 Å². The number of aryl methyl sites for hydroxylation is 1. The zero-order chi connectivity index (χ0) is 37.9. The fourth-order valence-electron chi connectivity index (χ4n) is 5.77. The molecule has 0 amide bonds. The molecule has 2 N–H and O–H groups in total. The average molecular weight is 730 g/mol. The number of ketones is 1. The first-order chi connectivity index (χ1) is 23.2. The number of aliphatic hydroxyl groups is 1. The van der Waals surface area contributed by atoms with Gasteiger partial charge in [0.2, 0.25) is 0 Å². The lowest BCUT2D eigenvalue weighted by molar-refractivity contribution is -0.148. The number of carboxylic acid groups (broad SMARTS) is 1. The minimum atomic E-state index is -2.39. The third-order valence-electron chi connectivity index (χ3n) is 10.2. The first kappa shape index (κ1) is 43.5. The van der Waals surface area contributed by atoms with Crippen molar-refractivity contribution >= 4 is 37.5 Å². The van der Waals surface area contributed by atoms with Crippen molar-refractivity contribution in [3.05, 3.63) is 63.6 Å². The molecule has 0 saturated heterocycles. The highest BCUT2D eigenvalue weighted by atomic mass is 32.1. The van der Waals surface area contributed by atoms with E-state index in [2.05, 4.69) is 51.8 Å². The molecule has 10 heteroatoms. The fraction of sp³-hybridized carbons (Fsp3) is 0.625. The Kier molecular flexibility index (Phi) is 16.8. The van der Waals surface area contributed by atoms with Crippen molar-refractivity contribution in [2.24, 2.45) is 17.3 Å². The van der Waals surface area contributed by atoms with Gasteiger partial charge in [0.15, 0.2) is 8.32 Å². The molecular formula is C40H63NO7SSi. The van der Waals surface area contributed by atoms with Crippen LogP contribution >= 0.6 is 11.3 Å². The summed E-state index contributed by atoms with van der Waals surface area (Å²) in [5.41, 5.74) is 1.68. The van der Waals surface area contributed by atoms with Crippen molar-refractivity contribution in [3.8, 4) is 5.75 Å². The molecule has 8 nitrogen and oxygen atoms in total. The molecule has 0 spiro atoms. The summed E-state index contributed by atoms with van der Waals surface area (Å²) in [5, 5.41) is 23.3. The summed E-state index contributed by atoms with van der Waals surface area (Å²) >= 11 is 1.59. The zero-order valence-corrected chi connectivity index (χ0v) is 34.4. The maximum Gasteiger partial charge on any atom is 0.305 e. The summed E-state index contributed by atoms with van der Waals surface area (Å²) in [6, 6.07) is 7.70. The number of ether oxygens (including phenoxy) is 2. The maximum atomic E-state index is 14.4. The van der Waals surface area contributed by atoms with Gasteiger partial charge in [-0.15, -0.1) is 11.3 Å². The summed E-state index contributed by atoms with van der Waals surface area (Å²) in [6.07, 6.45) is 7.19. The van der Waals surface area contributed by atoms with Crippen LogP contribution in [0.4, 0.5) is 0 Å². The van der Waals surface area contributed by atoms with E-state index < -0.39 is 43.9 Å². The van der Waals surface area contributed by atoms with Crippen molar-refractivity contribution in [1.29, 1.82) is 0 Å². The highest BCUT2D eigenvalue weighted by Gasteiger charge is 2.48. The highest BCUT2D eigenvalue weighted by Crippen LogP contribution is 2.42. The van der Waals surface area contributed by atoms with Gasteiger partial charge in [-0.25, -0.2) is 4.98 Å². The monoisotopic (exact) mass is 729 g/mol. The Balaban J connectivity index is 2.18. The minimum Gasteiger partial charge on any atom is -0.497 e. The van der Waals surface area contributed by atoms with Crippen molar-refractivity contribution in [3.63, 3.8) is 0 Å². The standard InChI is InChI=1S/C40H63NO7SSi/c1-27(17-15-13-14-16-18-34(42)28(2)23-32-26-49-30(4)41-32)37(47-25-31-19-21-33(46-10)22-20-31)29(3)38(45)40(8,9)35(24-36(43)44)48-50(11,12)39(5,6)7/h14,16,19-23,26-27,29,34-35,37,42H,13,15,17-18,24-25H2,1-12H3,(H,43,44)/b16-14-,28-23+/t27-,29+,34-,35-,37-/m0/s1. The molecule has 1 aromatic carbocycles. The third kappa shape index (κ3) is 13.2. The normalized spacial score (nSPS) is 16.2. The third-order valence-corrected chi connectivity index (χ3v) is 15.5. The van der Waals surface area contributed by atoms with Crippen LogP contribution in [-0.2, 0) is 25.4 Å². The number of aliphatic hydroxyl groups excluding tert-OH is 1. The number of hydrogen-bond donors (Lipinski definition) is 2. The number of carboxylic acids is 1. The Labute approximate surface area is 306 Å². The zero-order valence-electron chi connectivity index (χ0n) is 32.5. The van der Waals surface area contributed by atoms with Gasteiger partial charge in [0.25, 0.3) is 0 Å². The average Bonchev–Trinajstić information content (AvgIpc) is 3.45. The fourth-order valence-corrected chi connectivity index (χ4v) is 7.79. The van der Waals surface area contributed by atoms with Crippen LogP contribution in [0.3, 0.4) is 0 Å². The molecular weight excluding hydrogens is 667 g/mol. The lowest BCUT2D eigenvalue weighted by Crippen LogP contribution is -2.52. The number of unbranched alkanes of at least 4 members (excludes halogenated alkanes) is 1. The number of aliphatic carboxylic acids is 1. The molecule has 1 heterocycles. The second-order valence-electron chi connectivity index (χ2n) is 15.8. The molecule has 50 heavy (non-hydrogen) atoms. The van der Waals surface area contributed by atoms with Crippen molar-refractivity contribution in [1.82, 2.24) is 4.98 Å². The van der Waals surface area contributed by atoms with Gasteiger partial charge in [0.05, 0.1) is 49.2 Å². The molecule has 0 aliphatic rings. The topological polar surface area (TPSA) is 115 Å². The second-order valence-corrected chi connectivity index (χ2v) is 21.6. The van der Waals surface area contributed by atoms with E-state index in [1.54, 1.807) is 18.4 Å². The van der Waals surface area contributed by atoms with E-state index >= 15 is 0 Å². The molecule has 2 rings (SSSR count). The van der Waals surface area contributed by atoms with Crippen molar-refractivity contribution in [2.45, 2.75) is 137 Å². The predicted molar refractivity (Wildman–Crippen MR) is 207 cm³/mol. The quantitative estimate of drug-likeness (QED) is 0.0742. The van der Waals surface area contributed by atoms with Gasteiger partial charge in [-0.2, -0.15) is 0 Å². The molecule has 2 aromatic rings. The summed E-state index contributed by atoms with van der Waals surface area (Å²) in [6.45, 7) is 22.4. The number of allylic oxidation sites excluding steroid dienone is 1. The second kappa shape index (κ2) is 19.3. The van der Waals surface area contributed by atoms with E-state index in [0.29, 0.717) is 13.0 Å². The SMILES string of the molecule is COc1ccc(CO[C@@H]([C@@H](C)CCC/C=C\C[C@H](O)/C(C)=C/c2csc(C)n2)[C@@H](C)C(=O)C(C)(C)[C@H](CC(=O)O)O[Si](C)(C)C(C)(C)C)cc1. The van der Waals surface area contributed by atoms with Crippen LogP contribution in [-0.4, -0.2) is 60.7 Å². The van der Waals surface area contributed by atoms with Crippen LogP contribution in [0.5, 0.6) is 5.75 Å². The lowest BCUT2D eigenvalue weighted by Gasteiger charge is -2.44.